The number of halogens is 1. The Balaban J connectivity index is 1.60. The number of carbonyl (C=O) groups excluding carboxylic acids is 2. The van der Waals surface area contributed by atoms with Crippen LogP contribution in [0.25, 0.3) is 0 Å². The van der Waals surface area contributed by atoms with E-state index in [9.17, 15) is 9.59 Å². The summed E-state index contributed by atoms with van der Waals surface area (Å²) in [6, 6.07) is 7.26. The van der Waals surface area contributed by atoms with E-state index in [1.165, 1.54) is 0 Å². The molecule has 6 nitrogen and oxygen atoms in total. The fourth-order valence-electron chi connectivity index (χ4n) is 3.78. The Morgan fingerprint density at radius 1 is 1.12 bits per heavy atom. The van der Waals surface area contributed by atoms with Crippen LogP contribution in [0.15, 0.2) is 28.7 Å². The molecule has 1 aliphatic carbocycles. The normalized spacial score (nSPS) is 20.5. The molecule has 1 saturated carbocycles. The lowest BCUT2D eigenvalue weighted by Crippen LogP contribution is -2.60. The second kappa shape index (κ2) is 8.39. The van der Waals surface area contributed by atoms with Gasteiger partial charge in [-0.15, -0.1) is 0 Å². The molecule has 1 aliphatic heterocycles. The minimum absolute atomic E-state index is 0.0319. The van der Waals surface area contributed by atoms with Gasteiger partial charge >= 0.3 is 6.03 Å². The topological polar surface area (TPSA) is 73.5 Å². The van der Waals surface area contributed by atoms with Crippen molar-refractivity contribution in [3.05, 3.63) is 28.7 Å². The number of anilines is 1. The number of rotatable bonds is 4. The van der Waals surface area contributed by atoms with Crippen molar-refractivity contribution in [3.63, 3.8) is 0 Å². The molecule has 0 spiro atoms. The van der Waals surface area contributed by atoms with Gasteiger partial charge in [-0.3, -0.25) is 4.79 Å². The summed E-state index contributed by atoms with van der Waals surface area (Å²) >= 11 is 3.38. The predicted molar refractivity (Wildman–Crippen MR) is 106 cm³/mol. The monoisotopic (exact) mass is 422 g/mol. The van der Waals surface area contributed by atoms with Gasteiger partial charge in [-0.2, -0.15) is 0 Å². The highest BCUT2D eigenvalue weighted by atomic mass is 79.9. The number of nitrogens with one attached hydrogen (secondary N) is 3. The van der Waals surface area contributed by atoms with Crippen LogP contribution in [0.4, 0.5) is 10.5 Å². The van der Waals surface area contributed by atoms with E-state index in [2.05, 4.69) is 43.8 Å². The number of piperidine rings is 1. The van der Waals surface area contributed by atoms with Crippen molar-refractivity contribution in [1.29, 1.82) is 0 Å². The minimum Gasteiger partial charge on any atom is -0.351 e. The summed E-state index contributed by atoms with van der Waals surface area (Å²) in [7, 11) is 2.10. The molecule has 0 radical (unpaired) electrons. The van der Waals surface area contributed by atoms with E-state index in [0.29, 0.717) is 18.5 Å². The summed E-state index contributed by atoms with van der Waals surface area (Å²) in [6.45, 7) is 1.99. The summed E-state index contributed by atoms with van der Waals surface area (Å²) in [5, 5.41) is 8.98. The predicted octanol–water partition coefficient (Wildman–Crippen LogP) is 3.09. The van der Waals surface area contributed by atoms with Crippen LogP contribution in [0.5, 0.6) is 0 Å². The van der Waals surface area contributed by atoms with Gasteiger partial charge in [0.15, 0.2) is 0 Å². The Bertz CT molecular complexity index is 635. The van der Waals surface area contributed by atoms with Gasteiger partial charge in [0.05, 0.1) is 0 Å². The molecule has 3 N–H and O–H groups in total. The third-order valence-electron chi connectivity index (χ3n) is 5.40. The van der Waals surface area contributed by atoms with Crippen molar-refractivity contribution in [2.75, 3.05) is 25.5 Å². The first-order valence-electron chi connectivity index (χ1n) is 9.31. The number of hydrogen-bond acceptors (Lipinski definition) is 3. The van der Waals surface area contributed by atoms with E-state index in [0.717, 1.165) is 43.2 Å². The van der Waals surface area contributed by atoms with E-state index < -0.39 is 5.54 Å². The lowest BCUT2D eigenvalue weighted by Gasteiger charge is -2.34. The summed E-state index contributed by atoms with van der Waals surface area (Å²) < 4.78 is 0.952. The molecule has 3 amide bonds. The van der Waals surface area contributed by atoms with Crippen LogP contribution >= 0.6 is 15.9 Å². The third kappa shape index (κ3) is 4.76. The molecular formula is C19H27BrN4O2. The van der Waals surface area contributed by atoms with Crippen LogP contribution in [0.2, 0.25) is 0 Å². The Hall–Kier alpha value is -1.60. The van der Waals surface area contributed by atoms with Crippen molar-refractivity contribution in [2.45, 2.75) is 50.1 Å². The van der Waals surface area contributed by atoms with Crippen LogP contribution in [0.3, 0.4) is 0 Å². The van der Waals surface area contributed by atoms with Crippen LogP contribution in [-0.4, -0.2) is 48.6 Å². The van der Waals surface area contributed by atoms with E-state index in [4.69, 9.17) is 0 Å². The average molecular weight is 423 g/mol. The molecule has 2 fully saturated rings. The Morgan fingerprint density at radius 3 is 2.35 bits per heavy atom. The van der Waals surface area contributed by atoms with Gasteiger partial charge in [-0.05, 0) is 70.1 Å². The van der Waals surface area contributed by atoms with Crippen molar-refractivity contribution >= 4 is 33.6 Å². The molecule has 142 valence electrons. The number of hydrogen-bond donors (Lipinski definition) is 3. The fraction of sp³-hybridized carbons (Fsp3) is 0.579. The third-order valence-corrected chi connectivity index (χ3v) is 5.93. The van der Waals surface area contributed by atoms with E-state index in [1.54, 1.807) is 0 Å². The van der Waals surface area contributed by atoms with Crippen LogP contribution in [0.1, 0.15) is 38.5 Å². The molecule has 1 aromatic carbocycles. The van der Waals surface area contributed by atoms with Crippen molar-refractivity contribution in [3.8, 4) is 0 Å². The number of carbonyl (C=O) groups is 2. The van der Waals surface area contributed by atoms with Gasteiger partial charge < -0.3 is 20.9 Å². The molecule has 0 bridgehead atoms. The lowest BCUT2D eigenvalue weighted by molar-refractivity contribution is -0.128. The molecule has 0 unspecified atom stereocenters. The highest BCUT2D eigenvalue weighted by Gasteiger charge is 2.43. The average Bonchev–Trinajstić information content (AvgIpc) is 3.08. The molecule has 0 atom stereocenters. The number of urea groups is 1. The minimum atomic E-state index is -0.789. The number of likely N-dealkylation sites (tertiary alicyclic amines) is 1. The van der Waals surface area contributed by atoms with Crippen molar-refractivity contribution in [1.82, 2.24) is 15.5 Å². The molecule has 3 rings (SSSR count). The summed E-state index contributed by atoms with van der Waals surface area (Å²) in [5.41, 5.74) is -0.0856. The van der Waals surface area contributed by atoms with Crippen molar-refractivity contribution in [2.24, 2.45) is 0 Å². The first kappa shape index (κ1) is 19.2. The van der Waals surface area contributed by atoms with Crippen LogP contribution in [-0.2, 0) is 4.79 Å². The van der Waals surface area contributed by atoms with Crippen LogP contribution in [0, 0.1) is 0 Å². The second-order valence-corrected chi connectivity index (χ2v) is 8.34. The standard InChI is InChI=1S/C19H27BrN4O2/c1-24-12-8-16(9-13-24)21-17(25)19(10-2-3-11-19)23-18(26)22-15-6-4-14(20)5-7-15/h4-7,16H,2-3,8-13H2,1H3,(H,21,25)(H2,22,23,26). The maximum Gasteiger partial charge on any atom is 0.320 e. The van der Waals surface area contributed by atoms with Gasteiger partial charge in [-0.1, -0.05) is 28.8 Å². The zero-order valence-corrected chi connectivity index (χ0v) is 16.8. The van der Waals surface area contributed by atoms with E-state index in [-0.39, 0.29) is 18.0 Å². The smallest absolute Gasteiger partial charge is 0.320 e. The second-order valence-electron chi connectivity index (χ2n) is 7.43. The fourth-order valence-corrected chi connectivity index (χ4v) is 4.04. The zero-order chi connectivity index (χ0) is 18.6. The van der Waals surface area contributed by atoms with Crippen LogP contribution < -0.4 is 16.0 Å². The SMILES string of the molecule is CN1CCC(NC(=O)C2(NC(=O)Nc3ccc(Br)cc3)CCCC2)CC1. The highest BCUT2D eigenvalue weighted by Crippen LogP contribution is 2.30. The Kier molecular flexibility index (Phi) is 6.19. The Labute approximate surface area is 163 Å². The first-order chi connectivity index (χ1) is 12.5. The quantitative estimate of drug-likeness (QED) is 0.697. The van der Waals surface area contributed by atoms with Gasteiger partial charge in [0.25, 0.3) is 0 Å². The summed E-state index contributed by atoms with van der Waals surface area (Å²) in [4.78, 5) is 27.7. The highest BCUT2D eigenvalue weighted by molar-refractivity contribution is 9.10. The van der Waals surface area contributed by atoms with Crippen molar-refractivity contribution < 1.29 is 9.59 Å². The van der Waals surface area contributed by atoms with Gasteiger partial charge in [-0.25, -0.2) is 4.79 Å². The van der Waals surface area contributed by atoms with Gasteiger partial charge in [0.1, 0.15) is 5.54 Å². The lowest BCUT2D eigenvalue weighted by atomic mass is 9.94. The number of amides is 3. The summed E-state index contributed by atoms with van der Waals surface area (Å²) in [5.74, 6) is -0.0319. The molecule has 1 saturated heterocycles. The largest absolute Gasteiger partial charge is 0.351 e. The molecule has 7 heteroatoms. The maximum absolute atomic E-state index is 13.0. The van der Waals surface area contributed by atoms with E-state index in [1.807, 2.05) is 24.3 Å². The first-order valence-corrected chi connectivity index (χ1v) is 10.1. The molecular weight excluding hydrogens is 396 g/mol. The van der Waals surface area contributed by atoms with Gasteiger partial charge in [0, 0.05) is 16.2 Å². The molecule has 2 aliphatic rings. The molecule has 0 aromatic heterocycles. The molecule has 26 heavy (non-hydrogen) atoms. The summed E-state index contributed by atoms with van der Waals surface area (Å²) in [6.07, 6.45) is 5.23. The molecule has 1 aromatic rings. The van der Waals surface area contributed by atoms with Gasteiger partial charge in [0.2, 0.25) is 5.91 Å². The number of nitrogens with zero attached hydrogens (tertiary/aromatic N) is 1. The molecule has 1 heterocycles. The maximum atomic E-state index is 13.0. The Morgan fingerprint density at radius 2 is 1.73 bits per heavy atom. The van der Waals surface area contributed by atoms with E-state index >= 15 is 0 Å². The zero-order valence-electron chi connectivity index (χ0n) is 15.2. The number of benzene rings is 1.